The van der Waals surface area contributed by atoms with Crippen molar-refractivity contribution in [3.63, 3.8) is 0 Å². The van der Waals surface area contributed by atoms with Gasteiger partial charge in [-0.3, -0.25) is 4.79 Å². The van der Waals surface area contributed by atoms with E-state index in [4.69, 9.17) is 5.73 Å². The predicted octanol–water partition coefficient (Wildman–Crippen LogP) is 1.81. The second-order valence-corrected chi connectivity index (χ2v) is 5.12. The first-order valence-electron chi connectivity index (χ1n) is 6.13. The van der Waals surface area contributed by atoms with Gasteiger partial charge in [0.25, 0.3) is 0 Å². The van der Waals surface area contributed by atoms with E-state index in [-0.39, 0.29) is 5.91 Å². The average molecular weight is 212 g/mol. The van der Waals surface area contributed by atoms with Gasteiger partial charge < -0.3 is 11.1 Å². The Balaban J connectivity index is 2.08. The van der Waals surface area contributed by atoms with Crippen LogP contribution in [0.3, 0.4) is 0 Å². The van der Waals surface area contributed by atoms with E-state index in [0.717, 1.165) is 32.1 Å². The molecule has 0 bridgehead atoms. The molecule has 1 amide bonds. The van der Waals surface area contributed by atoms with Gasteiger partial charge in [0.05, 0.1) is 0 Å². The molecule has 15 heavy (non-hydrogen) atoms. The summed E-state index contributed by atoms with van der Waals surface area (Å²) in [6.07, 6.45) is 5.87. The Hall–Kier alpha value is -0.570. The Morgan fingerprint density at radius 2 is 2.20 bits per heavy atom. The van der Waals surface area contributed by atoms with E-state index in [2.05, 4.69) is 19.2 Å². The fraction of sp³-hybridized carbons (Fsp3) is 0.917. The monoisotopic (exact) mass is 212 g/mol. The van der Waals surface area contributed by atoms with Gasteiger partial charge in [0.15, 0.2) is 0 Å². The minimum atomic E-state index is 0.203. The van der Waals surface area contributed by atoms with Crippen molar-refractivity contribution >= 4 is 5.91 Å². The highest BCUT2D eigenvalue weighted by Crippen LogP contribution is 2.17. The summed E-state index contributed by atoms with van der Waals surface area (Å²) in [6.45, 7) is 4.38. The molecule has 0 aromatic rings. The van der Waals surface area contributed by atoms with Crippen LogP contribution in [-0.4, -0.2) is 18.0 Å². The van der Waals surface area contributed by atoms with Gasteiger partial charge in [-0.25, -0.2) is 0 Å². The lowest BCUT2D eigenvalue weighted by atomic mass is 10.1. The highest BCUT2D eigenvalue weighted by molar-refractivity contribution is 5.76. The molecule has 1 saturated carbocycles. The first kappa shape index (κ1) is 12.5. The minimum absolute atomic E-state index is 0.203. The molecular weight excluding hydrogens is 188 g/mol. The summed E-state index contributed by atoms with van der Waals surface area (Å²) in [4.78, 5) is 11.5. The third-order valence-corrected chi connectivity index (χ3v) is 3.02. The van der Waals surface area contributed by atoms with Crippen LogP contribution < -0.4 is 11.1 Å². The molecule has 0 aliphatic heterocycles. The highest BCUT2D eigenvalue weighted by atomic mass is 16.1. The van der Waals surface area contributed by atoms with Crippen LogP contribution in [0.4, 0.5) is 0 Å². The summed E-state index contributed by atoms with van der Waals surface area (Å²) in [7, 11) is 0. The maximum absolute atomic E-state index is 11.5. The van der Waals surface area contributed by atoms with Crippen molar-refractivity contribution in [3.8, 4) is 0 Å². The second kappa shape index (κ2) is 6.11. The van der Waals surface area contributed by atoms with E-state index < -0.39 is 0 Å². The highest BCUT2D eigenvalue weighted by Gasteiger charge is 2.22. The molecule has 2 atom stereocenters. The van der Waals surface area contributed by atoms with Crippen LogP contribution in [0.2, 0.25) is 0 Å². The van der Waals surface area contributed by atoms with Crippen molar-refractivity contribution in [1.82, 2.24) is 5.32 Å². The number of rotatable bonds is 5. The summed E-state index contributed by atoms with van der Waals surface area (Å²) in [5.41, 5.74) is 5.79. The van der Waals surface area contributed by atoms with Gasteiger partial charge in [0.2, 0.25) is 5.91 Å². The zero-order chi connectivity index (χ0) is 11.3. The average Bonchev–Trinajstić information content (AvgIpc) is 2.50. The third-order valence-electron chi connectivity index (χ3n) is 3.02. The molecule has 3 nitrogen and oxygen atoms in total. The molecule has 2 unspecified atom stereocenters. The quantitative estimate of drug-likeness (QED) is 0.730. The molecule has 0 radical (unpaired) electrons. The maximum atomic E-state index is 11.5. The zero-order valence-electron chi connectivity index (χ0n) is 9.96. The molecule has 1 aliphatic rings. The molecule has 3 heteroatoms. The van der Waals surface area contributed by atoms with Crippen LogP contribution in [0.15, 0.2) is 0 Å². The molecule has 3 N–H and O–H groups in total. The van der Waals surface area contributed by atoms with Gasteiger partial charge in [0.1, 0.15) is 0 Å². The topological polar surface area (TPSA) is 55.1 Å². The first-order chi connectivity index (χ1) is 7.08. The first-order valence-corrected chi connectivity index (χ1v) is 6.13. The van der Waals surface area contributed by atoms with Crippen molar-refractivity contribution in [2.75, 3.05) is 0 Å². The molecule has 1 rings (SSSR count). The Morgan fingerprint density at radius 3 is 2.73 bits per heavy atom. The summed E-state index contributed by atoms with van der Waals surface area (Å²) >= 11 is 0. The number of carbonyl (C=O) groups is 1. The number of nitrogens with one attached hydrogen (secondary N) is 1. The van der Waals surface area contributed by atoms with Crippen LogP contribution in [-0.2, 0) is 4.79 Å². The lowest BCUT2D eigenvalue weighted by Gasteiger charge is -2.12. The molecule has 0 aromatic heterocycles. The third kappa shape index (κ3) is 5.17. The second-order valence-electron chi connectivity index (χ2n) is 5.12. The largest absolute Gasteiger partial charge is 0.353 e. The van der Waals surface area contributed by atoms with E-state index in [0.29, 0.717) is 24.4 Å². The Bertz CT molecular complexity index is 204. The molecule has 0 spiro atoms. The van der Waals surface area contributed by atoms with Crippen LogP contribution >= 0.6 is 0 Å². The molecular formula is C12H24N2O. The summed E-state index contributed by atoms with van der Waals surface area (Å²) in [6, 6.07) is 0.637. The van der Waals surface area contributed by atoms with Crippen molar-refractivity contribution in [1.29, 1.82) is 0 Å². The number of nitrogens with two attached hydrogens (primary N) is 1. The Morgan fingerprint density at radius 1 is 1.47 bits per heavy atom. The van der Waals surface area contributed by atoms with E-state index in [9.17, 15) is 4.79 Å². The van der Waals surface area contributed by atoms with E-state index in [1.165, 1.54) is 0 Å². The Kier molecular flexibility index (Phi) is 5.09. The number of amides is 1. The van der Waals surface area contributed by atoms with Crippen molar-refractivity contribution < 1.29 is 4.79 Å². The Labute approximate surface area is 92.8 Å². The predicted molar refractivity (Wildman–Crippen MR) is 62.4 cm³/mol. The number of hydrogen-bond donors (Lipinski definition) is 2. The van der Waals surface area contributed by atoms with Crippen molar-refractivity contribution in [3.05, 3.63) is 0 Å². The lowest BCUT2D eigenvalue weighted by Crippen LogP contribution is -2.33. The SMILES string of the molecule is CC(C)CCCC(=O)NC1CCC(N)C1. The van der Waals surface area contributed by atoms with Gasteiger partial charge in [-0.1, -0.05) is 20.3 Å². The van der Waals surface area contributed by atoms with Gasteiger partial charge >= 0.3 is 0 Å². The molecule has 88 valence electrons. The van der Waals surface area contributed by atoms with E-state index >= 15 is 0 Å². The van der Waals surface area contributed by atoms with Gasteiger partial charge in [-0.15, -0.1) is 0 Å². The fourth-order valence-electron chi connectivity index (χ4n) is 2.12. The van der Waals surface area contributed by atoms with Crippen LogP contribution in [0.25, 0.3) is 0 Å². The van der Waals surface area contributed by atoms with Gasteiger partial charge in [0, 0.05) is 18.5 Å². The van der Waals surface area contributed by atoms with Crippen molar-refractivity contribution in [2.45, 2.75) is 64.5 Å². The summed E-state index contributed by atoms with van der Waals surface area (Å²) in [5.74, 6) is 0.896. The lowest BCUT2D eigenvalue weighted by molar-refractivity contribution is -0.121. The van der Waals surface area contributed by atoms with E-state index in [1.54, 1.807) is 0 Å². The molecule has 1 aliphatic carbocycles. The van der Waals surface area contributed by atoms with Gasteiger partial charge in [-0.05, 0) is 31.6 Å². The standard InChI is InChI=1S/C12H24N2O/c1-9(2)4-3-5-12(15)14-11-7-6-10(13)8-11/h9-11H,3-8,13H2,1-2H3,(H,14,15). The molecule has 0 saturated heterocycles. The normalized spacial score (nSPS) is 25.9. The van der Waals surface area contributed by atoms with Gasteiger partial charge in [-0.2, -0.15) is 0 Å². The smallest absolute Gasteiger partial charge is 0.220 e. The van der Waals surface area contributed by atoms with Crippen molar-refractivity contribution in [2.24, 2.45) is 11.7 Å². The van der Waals surface area contributed by atoms with Crippen LogP contribution in [0.1, 0.15) is 52.4 Å². The maximum Gasteiger partial charge on any atom is 0.220 e. The molecule has 0 aromatic carbocycles. The summed E-state index contributed by atoms with van der Waals surface area (Å²) < 4.78 is 0. The minimum Gasteiger partial charge on any atom is -0.353 e. The molecule has 0 heterocycles. The van der Waals surface area contributed by atoms with E-state index in [1.807, 2.05) is 0 Å². The fourth-order valence-corrected chi connectivity index (χ4v) is 2.12. The van der Waals surface area contributed by atoms with Crippen LogP contribution in [0.5, 0.6) is 0 Å². The number of carbonyl (C=O) groups excluding carboxylic acids is 1. The zero-order valence-corrected chi connectivity index (χ0v) is 9.96. The number of hydrogen-bond acceptors (Lipinski definition) is 2. The van der Waals surface area contributed by atoms with Crippen LogP contribution in [0, 0.1) is 5.92 Å². The molecule has 1 fully saturated rings. The summed E-state index contributed by atoms with van der Waals surface area (Å²) in [5, 5.41) is 3.06.